The molecule has 0 amide bonds. The molecule has 34 heavy (non-hydrogen) atoms. The standard InChI is InChI=1S/C31H27N2O/c1-18-22-11-6-7-12-23(22)19(2)30-26(18)29-28-24(13-14-33(29)5)27-20(15-25(28)34-30)9-8-10-21(27)16-31(3,4)17-32/h6-15H,16H2,1-5H3/q+1. The van der Waals surface area contributed by atoms with Gasteiger partial charge in [-0.3, -0.25) is 0 Å². The number of aryl methyl sites for hydroxylation is 3. The fraction of sp³-hybridized carbons (Fsp3) is 0.226. The molecule has 1 aliphatic rings. The first kappa shape index (κ1) is 20.7. The zero-order chi connectivity index (χ0) is 23.8. The van der Waals surface area contributed by atoms with Gasteiger partial charge in [0.1, 0.15) is 18.5 Å². The zero-order valence-corrected chi connectivity index (χ0v) is 20.3. The molecule has 3 nitrogen and oxygen atoms in total. The Hall–Kier alpha value is -3.90. The predicted octanol–water partition coefficient (Wildman–Crippen LogP) is 7.45. The smallest absolute Gasteiger partial charge is 0.228 e. The quantitative estimate of drug-likeness (QED) is 0.206. The molecule has 0 bridgehead atoms. The first-order chi connectivity index (χ1) is 16.3. The van der Waals surface area contributed by atoms with Crippen LogP contribution in [0.2, 0.25) is 0 Å². The molecule has 166 valence electrons. The van der Waals surface area contributed by atoms with Crippen LogP contribution in [0, 0.1) is 30.6 Å². The monoisotopic (exact) mass is 443 g/mol. The van der Waals surface area contributed by atoms with E-state index in [2.05, 4.69) is 92.3 Å². The van der Waals surface area contributed by atoms with Gasteiger partial charge in [0.2, 0.25) is 5.69 Å². The number of fused-ring (bicyclic) bond motifs is 5. The summed E-state index contributed by atoms with van der Waals surface area (Å²) in [7, 11) is 2.12. The summed E-state index contributed by atoms with van der Waals surface area (Å²) in [5.74, 6) is 1.85. The Bertz CT molecular complexity index is 1720. The highest BCUT2D eigenvalue weighted by molar-refractivity contribution is 6.17. The van der Waals surface area contributed by atoms with Crippen LogP contribution in [-0.2, 0) is 13.5 Å². The van der Waals surface area contributed by atoms with Crippen molar-refractivity contribution in [1.29, 1.82) is 5.26 Å². The molecule has 0 N–H and O–H groups in total. The minimum Gasteiger partial charge on any atom is -0.455 e. The second-order valence-electron chi connectivity index (χ2n) is 10.2. The fourth-order valence-corrected chi connectivity index (χ4v) is 5.71. The predicted molar refractivity (Wildman–Crippen MR) is 138 cm³/mol. The van der Waals surface area contributed by atoms with Crippen LogP contribution >= 0.6 is 0 Å². The summed E-state index contributed by atoms with van der Waals surface area (Å²) >= 11 is 0. The van der Waals surface area contributed by atoms with Crippen LogP contribution in [0.5, 0.6) is 11.5 Å². The van der Waals surface area contributed by atoms with Crippen LogP contribution in [0.3, 0.4) is 0 Å². The maximum atomic E-state index is 9.69. The first-order valence-electron chi connectivity index (χ1n) is 11.8. The third-order valence-electron chi connectivity index (χ3n) is 7.37. The van der Waals surface area contributed by atoms with Crippen molar-refractivity contribution in [2.45, 2.75) is 34.1 Å². The zero-order valence-electron chi connectivity index (χ0n) is 20.3. The highest BCUT2D eigenvalue weighted by Gasteiger charge is 2.33. The first-order valence-corrected chi connectivity index (χ1v) is 11.8. The number of aromatic nitrogens is 1. The van der Waals surface area contributed by atoms with Gasteiger partial charge in [-0.15, -0.1) is 0 Å². The molecule has 0 fully saturated rings. The van der Waals surface area contributed by atoms with Crippen molar-refractivity contribution < 1.29 is 9.30 Å². The number of hydrogen-bond donors (Lipinski definition) is 0. The summed E-state index contributed by atoms with van der Waals surface area (Å²) in [5, 5.41) is 16.9. The molecule has 0 saturated carbocycles. The van der Waals surface area contributed by atoms with E-state index in [1.165, 1.54) is 49.5 Å². The fourth-order valence-electron chi connectivity index (χ4n) is 5.71. The normalized spacial score (nSPS) is 12.6. The molecule has 0 unspecified atom stereocenters. The van der Waals surface area contributed by atoms with Gasteiger partial charge >= 0.3 is 0 Å². The van der Waals surface area contributed by atoms with Gasteiger partial charge in [-0.1, -0.05) is 42.5 Å². The molecule has 1 aromatic heterocycles. The van der Waals surface area contributed by atoms with Crippen molar-refractivity contribution in [2.75, 3.05) is 0 Å². The highest BCUT2D eigenvalue weighted by atomic mass is 16.5. The summed E-state index contributed by atoms with van der Waals surface area (Å²) in [5.41, 5.74) is 5.54. The Morgan fingerprint density at radius 2 is 1.65 bits per heavy atom. The van der Waals surface area contributed by atoms with Gasteiger partial charge in [0.15, 0.2) is 6.20 Å². The molecule has 2 heterocycles. The molecule has 1 aliphatic heterocycles. The van der Waals surface area contributed by atoms with Crippen LogP contribution in [0.1, 0.15) is 30.5 Å². The van der Waals surface area contributed by atoms with E-state index in [9.17, 15) is 5.26 Å². The van der Waals surface area contributed by atoms with Gasteiger partial charge in [-0.05, 0) is 72.9 Å². The largest absolute Gasteiger partial charge is 0.455 e. The van der Waals surface area contributed by atoms with Gasteiger partial charge in [-0.25, -0.2) is 4.57 Å². The maximum Gasteiger partial charge on any atom is 0.228 e. The van der Waals surface area contributed by atoms with Gasteiger partial charge in [0, 0.05) is 17.0 Å². The Balaban J connectivity index is 1.77. The second-order valence-corrected chi connectivity index (χ2v) is 10.2. The summed E-state index contributed by atoms with van der Waals surface area (Å²) in [4.78, 5) is 0. The van der Waals surface area contributed by atoms with Crippen LogP contribution in [0.4, 0.5) is 0 Å². The average molecular weight is 444 g/mol. The van der Waals surface area contributed by atoms with E-state index in [-0.39, 0.29) is 0 Å². The van der Waals surface area contributed by atoms with Crippen LogP contribution in [0.25, 0.3) is 43.6 Å². The van der Waals surface area contributed by atoms with Crippen molar-refractivity contribution in [1.82, 2.24) is 0 Å². The number of rotatable bonds is 2. The summed E-state index contributed by atoms with van der Waals surface area (Å²) < 4.78 is 8.95. The van der Waals surface area contributed by atoms with Gasteiger partial charge in [0.25, 0.3) is 0 Å². The Kier molecular flexibility index (Phi) is 4.29. The average Bonchev–Trinajstić information content (AvgIpc) is 2.83. The molecule has 0 atom stereocenters. The van der Waals surface area contributed by atoms with E-state index in [1.54, 1.807) is 0 Å². The SMILES string of the molecule is Cc1c2c(c(C)c3ccccc13)-c1c3c(cc4cccc(CC(C)(C)C#N)c4c3cc[n+]1C)O2. The third kappa shape index (κ3) is 2.78. The number of ether oxygens (including phenoxy) is 1. The van der Waals surface area contributed by atoms with E-state index < -0.39 is 5.41 Å². The lowest BCUT2D eigenvalue weighted by atomic mass is 9.83. The number of hydrogen-bond acceptors (Lipinski definition) is 2. The Morgan fingerprint density at radius 3 is 2.38 bits per heavy atom. The van der Waals surface area contributed by atoms with Crippen molar-refractivity contribution in [3.05, 3.63) is 77.5 Å². The van der Waals surface area contributed by atoms with Crippen LogP contribution in [0.15, 0.2) is 60.8 Å². The second kappa shape index (κ2) is 7.05. The van der Waals surface area contributed by atoms with Gasteiger partial charge in [-0.2, -0.15) is 5.26 Å². The number of nitrogens with zero attached hydrogens (tertiary/aromatic N) is 2. The number of benzene rings is 4. The lowest BCUT2D eigenvalue weighted by Gasteiger charge is -2.25. The van der Waals surface area contributed by atoms with Crippen molar-refractivity contribution >= 4 is 32.3 Å². The maximum absolute atomic E-state index is 9.69. The number of pyridine rings is 1. The Morgan fingerprint density at radius 1 is 0.912 bits per heavy atom. The lowest BCUT2D eigenvalue weighted by Crippen LogP contribution is -2.32. The molecule has 0 saturated heterocycles. The number of nitriles is 1. The molecule has 6 rings (SSSR count). The van der Waals surface area contributed by atoms with E-state index in [0.717, 1.165) is 22.3 Å². The van der Waals surface area contributed by atoms with Crippen LogP contribution in [-0.4, -0.2) is 0 Å². The molecule has 0 aliphatic carbocycles. The molecular formula is C31H27N2O+. The minimum atomic E-state index is -0.436. The summed E-state index contributed by atoms with van der Waals surface area (Å²) in [6.07, 6.45) is 2.86. The summed E-state index contributed by atoms with van der Waals surface area (Å²) in [6, 6.07) is 21.8. The van der Waals surface area contributed by atoms with E-state index in [4.69, 9.17) is 4.74 Å². The Labute approximate surface area is 199 Å². The van der Waals surface area contributed by atoms with E-state index >= 15 is 0 Å². The molecule has 0 radical (unpaired) electrons. The van der Waals surface area contributed by atoms with E-state index in [1.807, 2.05) is 13.8 Å². The minimum absolute atomic E-state index is 0.436. The molecule has 3 heteroatoms. The molecular weight excluding hydrogens is 416 g/mol. The molecule has 4 aromatic carbocycles. The van der Waals surface area contributed by atoms with Gasteiger partial charge in [0.05, 0.1) is 22.4 Å². The van der Waals surface area contributed by atoms with Gasteiger partial charge < -0.3 is 4.74 Å². The van der Waals surface area contributed by atoms with Crippen molar-refractivity contribution in [2.24, 2.45) is 12.5 Å². The van der Waals surface area contributed by atoms with E-state index in [0.29, 0.717) is 6.42 Å². The molecule has 0 spiro atoms. The summed E-state index contributed by atoms with van der Waals surface area (Å²) in [6.45, 7) is 8.38. The van der Waals surface area contributed by atoms with Crippen molar-refractivity contribution in [3.63, 3.8) is 0 Å². The van der Waals surface area contributed by atoms with Crippen LogP contribution < -0.4 is 9.30 Å². The highest BCUT2D eigenvalue weighted by Crippen LogP contribution is 2.51. The lowest BCUT2D eigenvalue weighted by molar-refractivity contribution is -0.659. The topological polar surface area (TPSA) is 36.9 Å². The molecule has 5 aromatic rings. The van der Waals surface area contributed by atoms with Crippen molar-refractivity contribution in [3.8, 4) is 28.8 Å². The third-order valence-corrected chi connectivity index (χ3v) is 7.37.